The smallest absolute Gasteiger partial charge is 0.0486 e. The van der Waals surface area contributed by atoms with Gasteiger partial charge in [-0.25, -0.2) is 0 Å². The second-order valence-electron chi connectivity index (χ2n) is 6.67. The number of aryl methyl sites for hydroxylation is 1. The number of para-hydroxylation sites is 1. The lowest BCUT2D eigenvalue weighted by Crippen LogP contribution is -2.14. The van der Waals surface area contributed by atoms with Gasteiger partial charge in [-0.15, -0.1) is 0 Å². The van der Waals surface area contributed by atoms with E-state index in [-0.39, 0.29) is 0 Å². The minimum atomic E-state index is 0.927. The first-order valence-corrected chi connectivity index (χ1v) is 9.11. The summed E-state index contributed by atoms with van der Waals surface area (Å²) in [5.41, 5.74) is 5.38. The van der Waals surface area contributed by atoms with Crippen LogP contribution in [-0.2, 0) is 13.1 Å². The van der Waals surface area contributed by atoms with Gasteiger partial charge in [0.25, 0.3) is 0 Å². The van der Waals surface area contributed by atoms with Gasteiger partial charge in [0.2, 0.25) is 0 Å². The van der Waals surface area contributed by atoms with E-state index in [2.05, 4.69) is 78.5 Å². The summed E-state index contributed by atoms with van der Waals surface area (Å²) < 4.78 is 2.38. The lowest BCUT2D eigenvalue weighted by atomic mass is 10.1. The number of rotatable bonds is 8. The van der Waals surface area contributed by atoms with Crippen molar-refractivity contribution in [1.29, 1.82) is 0 Å². The minimum Gasteiger partial charge on any atom is -0.343 e. The molecular formula is C22H28N2. The third-order valence-corrected chi connectivity index (χ3v) is 4.62. The molecule has 0 aliphatic heterocycles. The minimum absolute atomic E-state index is 0.927. The average molecular weight is 320 g/mol. The zero-order valence-electron chi connectivity index (χ0n) is 14.9. The summed E-state index contributed by atoms with van der Waals surface area (Å²) in [6, 6.07) is 17.6. The van der Waals surface area contributed by atoms with Crippen LogP contribution in [0.15, 0.2) is 54.7 Å². The van der Waals surface area contributed by atoms with Crippen molar-refractivity contribution in [3.63, 3.8) is 0 Å². The van der Waals surface area contributed by atoms with E-state index in [4.69, 9.17) is 0 Å². The van der Waals surface area contributed by atoms with Crippen molar-refractivity contribution in [3.05, 3.63) is 71.4 Å². The van der Waals surface area contributed by atoms with Crippen LogP contribution in [0.1, 0.15) is 42.9 Å². The van der Waals surface area contributed by atoms with Crippen molar-refractivity contribution < 1.29 is 0 Å². The van der Waals surface area contributed by atoms with Gasteiger partial charge in [-0.05, 0) is 37.1 Å². The van der Waals surface area contributed by atoms with Crippen LogP contribution in [-0.4, -0.2) is 11.1 Å². The van der Waals surface area contributed by atoms with Crippen molar-refractivity contribution in [2.45, 2.75) is 46.2 Å². The first kappa shape index (κ1) is 16.8. The van der Waals surface area contributed by atoms with E-state index < -0.39 is 0 Å². The molecule has 1 N–H and O–H groups in total. The van der Waals surface area contributed by atoms with Crippen LogP contribution in [0.5, 0.6) is 0 Å². The van der Waals surface area contributed by atoms with E-state index >= 15 is 0 Å². The first-order valence-electron chi connectivity index (χ1n) is 9.11. The highest BCUT2D eigenvalue weighted by Crippen LogP contribution is 2.22. The zero-order valence-corrected chi connectivity index (χ0v) is 14.9. The van der Waals surface area contributed by atoms with Crippen LogP contribution in [0, 0.1) is 6.92 Å². The van der Waals surface area contributed by atoms with Crippen LogP contribution >= 0.6 is 0 Å². The maximum absolute atomic E-state index is 3.60. The van der Waals surface area contributed by atoms with Crippen molar-refractivity contribution in [1.82, 2.24) is 9.88 Å². The molecule has 0 saturated heterocycles. The van der Waals surface area contributed by atoms with Gasteiger partial charge < -0.3 is 9.88 Å². The van der Waals surface area contributed by atoms with E-state index in [1.807, 2.05) is 0 Å². The van der Waals surface area contributed by atoms with E-state index in [0.717, 1.165) is 19.6 Å². The Balaban J connectivity index is 1.77. The van der Waals surface area contributed by atoms with Crippen LogP contribution < -0.4 is 5.32 Å². The summed E-state index contributed by atoms with van der Waals surface area (Å²) in [5.74, 6) is 0. The second-order valence-corrected chi connectivity index (χ2v) is 6.67. The molecule has 0 aliphatic carbocycles. The molecule has 126 valence electrons. The average Bonchev–Trinajstić information content (AvgIpc) is 2.95. The summed E-state index contributed by atoms with van der Waals surface area (Å²) in [6.07, 6.45) is 6.16. The van der Waals surface area contributed by atoms with Crippen molar-refractivity contribution >= 4 is 10.9 Å². The number of fused-ring (bicyclic) bond motifs is 1. The van der Waals surface area contributed by atoms with Crippen LogP contribution in [0.3, 0.4) is 0 Å². The number of hydrogen-bond donors (Lipinski definition) is 1. The fourth-order valence-corrected chi connectivity index (χ4v) is 3.21. The lowest BCUT2D eigenvalue weighted by molar-refractivity contribution is 0.617. The molecule has 0 spiro atoms. The number of unbranched alkanes of at least 4 members (excludes halogenated alkanes) is 2. The van der Waals surface area contributed by atoms with Gasteiger partial charge in [-0.2, -0.15) is 0 Å². The predicted molar refractivity (Wildman–Crippen MR) is 103 cm³/mol. The summed E-state index contributed by atoms with van der Waals surface area (Å²) in [4.78, 5) is 0. The Morgan fingerprint density at radius 1 is 0.958 bits per heavy atom. The van der Waals surface area contributed by atoms with Gasteiger partial charge in [-0.3, -0.25) is 0 Å². The Morgan fingerprint density at radius 3 is 2.54 bits per heavy atom. The SMILES string of the molecule is CCCCCNCc1cn(Cc2ccc(C)cc2)c2ccccc12. The van der Waals surface area contributed by atoms with Gasteiger partial charge in [0, 0.05) is 30.2 Å². The number of nitrogens with one attached hydrogen (secondary N) is 1. The molecule has 0 saturated carbocycles. The summed E-state index contributed by atoms with van der Waals surface area (Å²) in [5, 5.41) is 4.97. The fourth-order valence-electron chi connectivity index (χ4n) is 3.21. The summed E-state index contributed by atoms with van der Waals surface area (Å²) >= 11 is 0. The van der Waals surface area contributed by atoms with Gasteiger partial charge in [0.15, 0.2) is 0 Å². The van der Waals surface area contributed by atoms with E-state index in [1.165, 1.54) is 46.9 Å². The van der Waals surface area contributed by atoms with Gasteiger partial charge in [0.1, 0.15) is 0 Å². The normalized spacial score (nSPS) is 11.2. The molecule has 1 aromatic heterocycles. The second kappa shape index (κ2) is 8.16. The van der Waals surface area contributed by atoms with E-state index in [0.29, 0.717) is 0 Å². The lowest BCUT2D eigenvalue weighted by Gasteiger charge is -2.06. The van der Waals surface area contributed by atoms with E-state index in [1.54, 1.807) is 0 Å². The molecule has 2 nitrogen and oxygen atoms in total. The van der Waals surface area contributed by atoms with Crippen LogP contribution in [0.2, 0.25) is 0 Å². The Labute approximate surface area is 145 Å². The molecule has 3 rings (SSSR count). The molecule has 0 atom stereocenters. The van der Waals surface area contributed by atoms with Crippen molar-refractivity contribution in [2.24, 2.45) is 0 Å². The number of benzene rings is 2. The highest BCUT2D eigenvalue weighted by atomic mass is 15.0. The Hall–Kier alpha value is -2.06. The van der Waals surface area contributed by atoms with Crippen LogP contribution in [0.4, 0.5) is 0 Å². The Bertz CT molecular complexity index is 768. The van der Waals surface area contributed by atoms with E-state index in [9.17, 15) is 0 Å². The molecule has 0 unspecified atom stereocenters. The molecule has 2 heteroatoms. The highest BCUT2D eigenvalue weighted by molar-refractivity contribution is 5.84. The Morgan fingerprint density at radius 2 is 1.75 bits per heavy atom. The molecule has 0 aliphatic rings. The molecule has 24 heavy (non-hydrogen) atoms. The van der Waals surface area contributed by atoms with Crippen molar-refractivity contribution in [3.8, 4) is 0 Å². The van der Waals surface area contributed by atoms with Crippen molar-refractivity contribution in [2.75, 3.05) is 6.54 Å². The zero-order chi connectivity index (χ0) is 16.8. The van der Waals surface area contributed by atoms with Gasteiger partial charge >= 0.3 is 0 Å². The quantitative estimate of drug-likeness (QED) is 0.559. The largest absolute Gasteiger partial charge is 0.343 e. The van der Waals surface area contributed by atoms with Gasteiger partial charge in [0.05, 0.1) is 0 Å². The molecular weight excluding hydrogens is 292 g/mol. The number of hydrogen-bond acceptors (Lipinski definition) is 1. The monoisotopic (exact) mass is 320 g/mol. The third-order valence-electron chi connectivity index (χ3n) is 4.62. The van der Waals surface area contributed by atoms with Gasteiger partial charge in [-0.1, -0.05) is 67.8 Å². The molecule has 3 aromatic rings. The standard InChI is InChI=1S/C22H28N2/c1-3-4-7-14-23-15-20-17-24(22-9-6-5-8-21(20)22)16-19-12-10-18(2)11-13-19/h5-6,8-13,17,23H,3-4,7,14-16H2,1-2H3. The third kappa shape index (κ3) is 4.07. The Kier molecular flexibility index (Phi) is 5.71. The van der Waals surface area contributed by atoms with Crippen LogP contribution in [0.25, 0.3) is 10.9 Å². The molecule has 0 fully saturated rings. The summed E-state index contributed by atoms with van der Waals surface area (Å²) in [7, 11) is 0. The maximum atomic E-state index is 3.60. The summed E-state index contributed by atoms with van der Waals surface area (Å²) in [6.45, 7) is 7.36. The molecule has 2 aromatic carbocycles. The first-order chi connectivity index (χ1) is 11.8. The number of nitrogens with zero attached hydrogens (tertiary/aromatic N) is 1. The highest BCUT2D eigenvalue weighted by Gasteiger charge is 2.08. The molecule has 0 bridgehead atoms. The predicted octanol–water partition coefficient (Wildman–Crippen LogP) is 5.28. The maximum Gasteiger partial charge on any atom is 0.0486 e. The molecule has 0 amide bonds. The molecule has 0 radical (unpaired) electrons. The topological polar surface area (TPSA) is 17.0 Å². The fraction of sp³-hybridized carbons (Fsp3) is 0.364. The number of aromatic nitrogens is 1. The molecule has 1 heterocycles.